The molecule has 1 saturated carbocycles. The van der Waals surface area contributed by atoms with E-state index in [2.05, 4.69) is 0 Å². The van der Waals surface area contributed by atoms with Gasteiger partial charge >= 0.3 is 0 Å². The molecule has 2 nitrogen and oxygen atoms in total. The molecule has 3 heteroatoms. The fraction of sp³-hybridized carbons (Fsp3) is 0.462. The number of hydrogen-bond donors (Lipinski definition) is 1. The Bertz CT molecular complexity index is 418. The SMILES string of the molecule is C[C@@H]1CCC[C@@](N)(c2ccccc2Cl)C1=O. The van der Waals surface area contributed by atoms with E-state index < -0.39 is 5.54 Å². The molecule has 0 saturated heterocycles. The van der Waals surface area contributed by atoms with Crippen molar-refractivity contribution in [2.45, 2.75) is 31.7 Å². The number of benzene rings is 1. The zero-order valence-corrected chi connectivity index (χ0v) is 10.1. The highest BCUT2D eigenvalue weighted by Crippen LogP contribution is 2.37. The zero-order valence-electron chi connectivity index (χ0n) is 9.37. The van der Waals surface area contributed by atoms with Crippen LogP contribution in [-0.4, -0.2) is 5.78 Å². The minimum atomic E-state index is -0.879. The van der Waals surface area contributed by atoms with E-state index in [-0.39, 0.29) is 11.7 Å². The molecule has 0 amide bonds. The van der Waals surface area contributed by atoms with Crippen molar-refractivity contribution in [1.29, 1.82) is 0 Å². The number of carbonyl (C=O) groups is 1. The lowest BCUT2D eigenvalue weighted by Gasteiger charge is -2.36. The molecule has 0 bridgehead atoms. The monoisotopic (exact) mass is 237 g/mol. The van der Waals surface area contributed by atoms with Crippen molar-refractivity contribution in [3.63, 3.8) is 0 Å². The Morgan fingerprint density at radius 1 is 1.44 bits per heavy atom. The summed E-state index contributed by atoms with van der Waals surface area (Å²) < 4.78 is 0. The van der Waals surface area contributed by atoms with Crippen LogP contribution in [0.2, 0.25) is 5.02 Å². The van der Waals surface area contributed by atoms with E-state index in [1.165, 1.54) is 0 Å². The van der Waals surface area contributed by atoms with Gasteiger partial charge in [-0.1, -0.05) is 43.1 Å². The second-order valence-corrected chi connectivity index (χ2v) is 5.02. The van der Waals surface area contributed by atoms with Gasteiger partial charge in [-0.3, -0.25) is 4.79 Å². The van der Waals surface area contributed by atoms with Gasteiger partial charge in [0.25, 0.3) is 0 Å². The molecule has 0 unspecified atom stereocenters. The van der Waals surface area contributed by atoms with Crippen LogP contribution in [0.25, 0.3) is 0 Å². The maximum absolute atomic E-state index is 12.2. The molecular weight excluding hydrogens is 222 g/mol. The molecule has 2 rings (SSSR count). The minimum Gasteiger partial charge on any atom is -0.315 e. The number of halogens is 1. The molecule has 0 spiro atoms. The van der Waals surface area contributed by atoms with E-state index in [0.717, 1.165) is 18.4 Å². The van der Waals surface area contributed by atoms with Crippen LogP contribution in [0, 0.1) is 5.92 Å². The molecular formula is C13H16ClNO. The van der Waals surface area contributed by atoms with E-state index in [1.54, 1.807) is 6.07 Å². The normalized spacial score (nSPS) is 30.4. The second-order valence-electron chi connectivity index (χ2n) is 4.61. The molecule has 86 valence electrons. The van der Waals surface area contributed by atoms with E-state index in [1.807, 2.05) is 25.1 Å². The van der Waals surface area contributed by atoms with Gasteiger partial charge in [0, 0.05) is 10.9 Å². The molecule has 0 radical (unpaired) electrons. The van der Waals surface area contributed by atoms with Gasteiger partial charge in [-0.15, -0.1) is 0 Å². The van der Waals surface area contributed by atoms with Crippen LogP contribution in [0.5, 0.6) is 0 Å². The Labute approximate surface area is 101 Å². The van der Waals surface area contributed by atoms with Crippen LogP contribution in [-0.2, 0) is 10.3 Å². The highest BCUT2D eigenvalue weighted by atomic mass is 35.5. The summed E-state index contributed by atoms with van der Waals surface area (Å²) in [5.74, 6) is 0.155. The van der Waals surface area contributed by atoms with Gasteiger partial charge in [0.2, 0.25) is 0 Å². The maximum Gasteiger partial charge on any atom is 0.160 e. The lowest BCUT2D eigenvalue weighted by Crippen LogP contribution is -2.50. The highest BCUT2D eigenvalue weighted by molar-refractivity contribution is 6.31. The van der Waals surface area contributed by atoms with Gasteiger partial charge in [0.05, 0.1) is 0 Å². The molecule has 16 heavy (non-hydrogen) atoms. The summed E-state index contributed by atoms with van der Waals surface area (Å²) in [5, 5.41) is 0.590. The topological polar surface area (TPSA) is 43.1 Å². The fourth-order valence-corrected chi connectivity index (χ4v) is 2.78. The number of ketones is 1. The third-order valence-corrected chi connectivity index (χ3v) is 3.78. The van der Waals surface area contributed by atoms with Crippen molar-refractivity contribution in [1.82, 2.24) is 0 Å². The first-order valence-corrected chi connectivity index (χ1v) is 6.01. The zero-order chi connectivity index (χ0) is 11.8. The maximum atomic E-state index is 12.2. The summed E-state index contributed by atoms with van der Waals surface area (Å²) in [7, 11) is 0. The molecule has 1 aliphatic carbocycles. The molecule has 2 atom stereocenters. The minimum absolute atomic E-state index is 0.0371. The predicted molar refractivity (Wildman–Crippen MR) is 65.3 cm³/mol. The Hall–Kier alpha value is -0.860. The van der Waals surface area contributed by atoms with Crippen molar-refractivity contribution >= 4 is 17.4 Å². The molecule has 1 aromatic rings. The first-order valence-electron chi connectivity index (χ1n) is 5.64. The Morgan fingerprint density at radius 3 is 2.81 bits per heavy atom. The van der Waals surface area contributed by atoms with Gasteiger partial charge in [-0.05, 0) is 24.5 Å². The van der Waals surface area contributed by atoms with Crippen LogP contribution >= 0.6 is 11.6 Å². The number of Topliss-reactive ketones (excluding diaryl/α,β-unsaturated/α-hetero) is 1. The molecule has 1 aromatic carbocycles. The van der Waals surface area contributed by atoms with Crippen molar-refractivity contribution in [2.75, 3.05) is 0 Å². The van der Waals surface area contributed by atoms with E-state index >= 15 is 0 Å². The molecule has 0 aliphatic heterocycles. The predicted octanol–water partition coefficient (Wildman–Crippen LogP) is 2.88. The Balaban J connectivity index is 2.45. The number of carbonyl (C=O) groups excluding carboxylic acids is 1. The van der Waals surface area contributed by atoms with Gasteiger partial charge in [-0.2, -0.15) is 0 Å². The first-order chi connectivity index (χ1) is 7.55. The summed E-state index contributed by atoms with van der Waals surface area (Å²) in [6.45, 7) is 1.94. The first kappa shape index (κ1) is 11.6. The standard InChI is InChI=1S/C13H16ClNO/c1-9-5-4-8-13(15,12(9)16)10-6-2-3-7-11(10)14/h2-3,6-7,9H,4-5,8,15H2,1H3/t9-,13-/m1/s1. The van der Waals surface area contributed by atoms with Gasteiger partial charge in [-0.25, -0.2) is 0 Å². The molecule has 1 fully saturated rings. The summed E-state index contributed by atoms with van der Waals surface area (Å²) in [6, 6.07) is 7.38. The van der Waals surface area contributed by atoms with Crippen LogP contribution in [0.3, 0.4) is 0 Å². The number of rotatable bonds is 1. The lowest BCUT2D eigenvalue weighted by molar-refractivity contribution is -0.130. The average molecular weight is 238 g/mol. The van der Waals surface area contributed by atoms with Crippen LogP contribution in [0.4, 0.5) is 0 Å². The molecule has 2 N–H and O–H groups in total. The Morgan fingerprint density at radius 2 is 2.12 bits per heavy atom. The molecule has 0 aromatic heterocycles. The number of nitrogens with two attached hydrogens (primary N) is 1. The van der Waals surface area contributed by atoms with E-state index in [4.69, 9.17) is 17.3 Å². The molecule has 1 aliphatic rings. The summed E-state index contributed by atoms with van der Waals surface area (Å²) in [6.07, 6.45) is 2.61. The van der Waals surface area contributed by atoms with Crippen molar-refractivity contribution in [3.05, 3.63) is 34.9 Å². The van der Waals surface area contributed by atoms with Gasteiger partial charge in [0.1, 0.15) is 5.54 Å². The smallest absolute Gasteiger partial charge is 0.160 e. The summed E-state index contributed by atoms with van der Waals surface area (Å²) >= 11 is 6.13. The number of hydrogen-bond acceptors (Lipinski definition) is 2. The summed E-state index contributed by atoms with van der Waals surface area (Å²) in [4.78, 5) is 12.2. The largest absolute Gasteiger partial charge is 0.315 e. The average Bonchev–Trinajstić information content (AvgIpc) is 2.26. The summed E-state index contributed by atoms with van der Waals surface area (Å²) in [5.41, 5.74) is 6.17. The van der Waals surface area contributed by atoms with E-state index in [9.17, 15) is 4.79 Å². The van der Waals surface area contributed by atoms with Crippen molar-refractivity contribution in [2.24, 2.45) is 11.7 Å². The van der Waals surface area contributed by atoms with Gasteiger partial charge < -0.3 is 5.73 Å². The second kappa shape index (κ2) is 4.19. The third-order valence-electron chi connectivity index (χ3n) is 3.45. The Kier molecular flexibility index (Phi) is 3.04. The van der Waals surface area contributed by atoms with Crippen LogP contribution < -0.4 is 5.73 Å². The lowest BCUT2D eigenvalue weighted by atomic mass is 9.72. The van der Waals surface area contributed by atoms with Crippen molar-refractivity contribution in [3.8, 4) is 0 Å². The van der Waals surface area contributed by atoms with Crippen LogP contribution in [0.1, 0.15) is 31.7 Å². The van der Waals surface area contributed by atoms with Gasteiger partial charge in [0.15, 0.2) is 5.78 Å². The van der Waals surface area contributed by atoms with E-state index in [0.29, 0.717) is 11.4 Å². The quantitative estimate of drug-likeness (QED) is 0.816. The fourth-order valence-electron chi connectivity index (χ4n) is 2.47. The third kappa shape index (κ3) is 1.76. The highest BCUT2D eigenvalue weighted by Gasteiger charge is 2.42. The molecule has 0 heterocycles. The van der Waals surface area contributed by atoms with Crippen molar-refractivity contribution < 1.29 is 4.79 Å². The van der Waals surface area contributed by atoms with Crippen LogP contribution in [0.15, 0.2) is 24.3 Å².